The maximum absolute atomic E-state index is 11.7. The number of rotatable bonds is 1. The van der Waals surface area contributed by atoms with Crippen LogP contribution in [0.3, 0.4) is 0 Å². The predicted octanol–water partition coefficient (Wildman–Crippen LogP) is 3.31. The minimum Gasteiger partial charge on any atom is -0.442 e. The van der Waals surface area contributed by atoms with Gasteiger partial charge in [0.15, 0.2) is 0 Å². The number of ether oxygens (including phenoxy) is 1. The number of carbonyl (C=O) groups excluding carboxylic acids is 1. The smallest absolute Gasteiger partial charge is 0.439 e. The van der Waals surface area contributed by atoms with Crippen molar-refractivity contribution in [3.8, 4) is 0 Å². The fourth-order valence-electron chi connectivity index (χ4n) is 2.10. The van der Waals surface area contributed by atoms with Crippen LogP contribution in [0.1, 0.15) is 38.3 Å². The molecule has 0 aliphatic heterocycles. The van der Waals surface area contributed by atoms with Crippen LogP contribution in [0.2, 0.25) is 0 Å². The first kappa shape index (κ1) is 12.9. The number of hydroxylamine groups is 1. The molecule has 0 aromatic heterocycles. The summed E-state index contributed by atoms with van der Waals surface area (Å²) in [6, 6.07) is 5.56. The Kier molecular flexibility index (Phi) is 3.30. The van der Waals surface area contributed by atoms with E-state index in [0.717, 1.165) is 19.3 Å². The van der Waals surface area contributed by atoms with Crippen molar-refractivity contribution >= 4 is 11.8 Å². The van der Waals surface area contributed by atoms with Crippen molar-refractivity contribution in [1.82, 2.24) is 0 Å². The molecule has 0 radical (unpaired) electrons. The Morgan fingerprint density at radius 1 is 1.28 bits per heavy atom. The molecule has 4 nitrogen and oxygen atoms in total. The number of benzene rings is 1. The van der Waals surface area contributed by atoms with E-state index in [9.17, 15) is 10.0 Å². The molecule has 1 aliphatic carbocycles. The van der Waals surface area contributed by atoms with E-state index < -0.39 is 11.7 Å². The largest absolute Gasteiger partial charge is 0.442 e. The maximum atomic E-state index is 11.7. The summed E-state index contributed by atoms with van der Waals surface area (Å²) in [6.07, 6.45) is 2.47. The van der Waals surface area contributed by atoms with Gasteiger partial charge in [-0.2, -0.15) is 5.06 Å². The summed E-state index contributed by atoms with van der Waals surface area (Å²) in [5, 5.41) is 10.4. The number of hydrogen-bond donors (Lipinski definition) is 1. The maximum Gasteiger partial charge on any atom is 0.439 e. The summed E-state index contributed by atoms with van der Waals surface area (Å²) in [4.78, 5) is 11.7. The summed E-state index contributed by atoms with van der Waals surface area (Å²) in [5.41, 5.74) is 2.35. The first-order valence-electron chi connectivity index (χ1n) is 6.20. The molecule has 0 unspecified atom stereocenters. The van der Waals surface area contributed by atoms with Gasteiger partial charge < -0.3 is 4.74 Å². The van der Waals surface area contributed by atoms with E-state index in [1.807, 2.05) is 12.1 Å². The number of aryl methyl sites for hydroxylation is 2. The third-order valence-electron chi connectivity index (χ3n) is 2.89. The van der Waals surface area contributed by atoms with Crippen molar-refractivity contribution in [3.05, 3.63) is 29.3 Å². The van der Waals surface area contributed by atoms with Crippen LogP contribution in [-0.4, -0.2) is 16.9 Å². The molecule has 18 heavy (non-hydrogen) atoms. The Hall–Kier alpha value is -1.55. The van der Waals surface area contributed by atoms with Crippen LogP contribution in [0.25, 0.3) is 0 Å². The zero-order chi connectivity index (χ0) is 13.3. The number of hydrogen-bond acceptors (Lipinski definition) is 3. The molecule has 0 fully saturated rings. The monoisotopic (exact) mass is 249 g/mol. The molecule has 0 atom stereocenters. The number of anilines is 1. The molecule has 1 amide bonds. The Bertz CT molecular complexity index is 463. The molecule has 0 spiro atoms. The molecule has 1 N–H and O–H groups in total. The standard InChI is InChI=1S/C14H19NO3/c1-14(2,3)18-13(16)15(17)12-8-7-10-5-4-6-11(10)9-12/h7-9,17H,4-6H2,1-3H3. The van der Waals surface area contributed by atoms with E-state index in [1.54, 1.807) is 26.8 Å². The fraction of sp³-hybridized carbons (Fsp3) is 0.500. The van der Waals surface area contributed by atoms with Gasteiger partial charge in [0.2, 0.25) is 0 Å². The van der Waals surface area contributed by atoms with Crippen LogP contribution in [-0.2, 0) is 17.6 Å². The van der Waals surface area contributed by atoms with Gasteiger partial charge in [-0.1, -0.05) is 6.07 Å². The van der Waals surface area contributed by atoms with E-state index in [1.165, 1.54) is 11.1 Å². The van der Waals surface area contributed by atoms with Crippen LogP contribution >= 0.6 is 0 Å². The van der Waals surface area contributed by atoms with Crippen molar-refractivity contribution in [3.63, 3.8) is 0 Å². The van der Waals surface area contributed by atoms with Gasteiger partial charge in [-0.15, -0.1) is 0 Å². The Labute approximate surface area is 107 Å². The van der Waals surface area contributed by atoms with E-state index in [4.69, 9.17) is 4.74 Å². The molecule has 2 rings (SSSR count). The fourth-order valence-corrected chi connectivity index (χ4v) is 2.10. The quantitative estimate of drug-likeness (QED) is 0.613. The molecule has 0 bridgehead atoms. The SMILES string of the molecule is CC(C)(C)OC(=O)N(O)c1ccc2c(c1)CCC2. The van der Waals surface area contributed by atoms with Gasteiger partial charge in [-0.05, 0) is 63.3 Å². The lowest BCUT2D eigenvalue weighted by Crippen LogP contribution is -2.34. The van der Waals surface area contributed by atoms with Gasteiger partial charge in [0.05, 0.1) is 5.69 Å². The van der Waals surface area contributed by atoms with Crippen molar-refractivity contribution in [1.29, 1.82) is 0 Å². The molecule has 1 aromatic rings. The van der Waals surface area contributed by atoms with Crippen molar-refractivity contribution in [2.24, 2.45) is 0 Å². The van der Waals surface area contributed by atoms with Crippen LogP contribution < -0.4 is 5.06 Å². The van der Waals surface area contributed by atoms with Crippen LogP contribution in [0.15, 0.2) is 18.2 Å². The van der Waals surface area contributed by atoms with Gasteiger partial charge in [0.25, 0.3) is 0 Å². The summed E-state index contributed by atoms with van der Waals surface area (Å²) < 4.78 is 5.11. The molecular weight excluding hydrogens is 230 g/mol. The van der Waals surface area contributed by atoms with E-state index in [2.05, 4.69) is 0 Å². The van der Waals surface area contributed by atoms with E-state index >= 15 is 0 Å². The minimum atomic E-state index is -0.750. The third-order valence-corrected chi connectivity index (χ3v) is 2.89. The molecule has 0 heterocycles. The molecule has 1 aliphatic rings. The van der Waals surface area contributed by atoms with Gasteiger partial charge in [-0.25, -0.2) is 4.79 Å². The highest BCUT2D eigenvalue weighted by atomic mass is 16.6. The molecule has 4 heteroatoms. The average molecular weight is 249 g/mol. The summed E-state index contributed by atoms with van der Waals surface area (Å²) >= 11 is 0. The van der Waals surface area contributed by atoms with E-state index in [0.29, 0.717) is 10.8 Å². The third kappa shape index (κ3) is 2.82. The molecule has 0 saturated carbocycles. The lowest BCUT2D eigenvalue weighted by Gasteiger charge is -2.23. The van der Waals surface area contributed by atoms with Gasteiger partial charge in [0, 0.05) is 0 Å². The van der Waals surface area contributed by atoms with Gasteiger partial charge in [-0.3, -0.25) is 5.21 Å². The van der Waals surface area contributed by atoms with Crippen LogP contribution in [0.4, 0.5) is 10.5 Å². The van der Waals surface area contributed by atoms with Crippen molar-refractivity contribution < 1.29 is 14.7 Å². The highest BCUT2D eigenvalue weighted by Gasteiger charge is 2.23. The Morgan fingerprint density at radius 3 is 2.61 bits per heavy atom. The number of fused-ring (bicyclic) bond motifs is 1. The summed E-state index contributed by atoms with van der Waals surface area (Å²) in [5.74, 6) is 0. The van der Waals surface area contributed by atoms with E-state index in [-0.39, 0.29) is 0 Å². The number of amides is 1. The first-order chi connectivity index (χ1) is 8.37. The van der Waals surface area contributed by atoms with Crippen LogP contribution in [0.5, 0.6) is 0 Å². The van der Waals surface area contributed by atoms with Gasteiger partial charge in [0.1, 0.15) is 5.60 Å². The number of carbonyl (C=O) groups is 1. The summed E-state index contributed by atoms with van der Waals surface area (Å²) in [6.45, 7) is 5.30. The highest BCUT2D eigenvalue weighted by Crippen LogP contribution is 2.26. The Morgan fingerprint density at radius 2 is 1.94 bits per heavy atom. The van der Waals surface area contributed by atoms with Crippen molar-refractivity contribution in [2.75, 3.05) is 5.06 Å². The predicted molar refractivity (Wildman–Crippen MR) is 69.0 cm³/mol. The summed E-state index contributed by atoms with van der Waals surface area (Å²) in [7, 11) is 0. The second kappa shape index (κ2) is 4.61. The Balaban J connectivity index is 2.14. The van der Waals surface area contributed by atoms with Crippen LogP contribution in [0, 0.1) is 0 Å². The zero-order valence-corrected chi connectivity index (χ0v) is 11.1. The topological polar surface area (TPSA) is 49.8 Å². The lowest BCUT2D eigenvalue weighted by atomic mass is 10.1. The second-order valence-corrected chi connectivity index (χ2v) is 5.60. The molecule has 0 saturated heterocycles. The zero-order valence-electron chi connectivity index (χ0n) is 11.1. The molecular formula is C14H19NO3. The minimum absolute atomic E-state index is 0.463. The van der Waals surface area contributed by atoms with Crippen molar-refractivity contribution in [2.45, 2.75) is 45.6 Å². The second-order valence-electron chi connectivity index (χ2n) is 5.60. The lowest BCUT2D eigenvalue weighted by molar-refractivity contribution is 0.0407. The first-order valence-corrected chi connectivity index (χ1v) is 6.20. The van der Waals surface area contributed by atoms with Gasteiger partial charge >= 0.3 is 6.09 Å². The highest BCUT2D eigenvalue weighted by molar-refractivity contribution is 5.85. The normalized spacial score (nSPS) is 14.2. The molecule has 98 valence electrons. The average Bonchev–Trinajstić information content (AvgIpc) is 2.72. The number of nitrogens with zero attached hydrogens (tertiary/aromatic N) is 1. The molecule has 1 aromatic carbocycles.